The number of amides is 1. The third-order valence-corrected chi connectivity index (χ3v) is 3.97. The predicted molar refractivity (Wildman–Crippen MR) is 96.5 cm³/mol. The number of rotatable bonds is 6. The number of hydrogen-bond acceptors (Lipinski definition) is 3. The van der Waals surface area contributed by atoms with Crippen molar-refractivity contribution in [2.24, 2.45) is 0 Å². The highest BCUT2D eigenvalue weighted by atomic mass is 16.5. The lowest BCUT2D eigenvalue weighted by Crippen LogP contribution is -2.26. The van der Waals surface area contributed by atoms with Crippen molar-refractivity contribution in [2.45, 2.75) is 20.1 Å². The highest BCUT2D eigenvalue weighted by Gasteiger charge is 2.20. The molecule has 0 unspecified atom stereocenters. The van der Waals surface area contributed by atoms with Gasteiger partial charge in [0.05, 0.1) is 6.26 Å². The molecule has 2 aromatic carbocycles. The van der Waals surface area contributed by atoms with E-state index in [1.165, 1.54) is 11.8 Å². The van der Waals surface area contributed by atoms with E-state index in [-0.39, 0.29) is 5.91 Å². The molecule has 0 aliphatic rings. The topological polar surface area (TPSA) is 42.7 Å². The number of hydrogen-bond donors (Lipinski definition) is 0. The molecule has 0 saturated carbocycles. The van der Waals surface area contributed by atoms with Crippen molar-refractivity contribution in [3.63, 3.8) is 0 Å². The van der Waals surface area contributed by atoms with Gasteiger partial charge in [-0.05, 0) is 30.7 Å². The zero-order chi connectivity index (χ0) is 17.6. The van der Waals surface area contributed by atoms with Crippen LogP contribution in [-0.4, -0.2) is 17.9 Å². The van der Waals surface area contributed by atoms with E-state index in [1.54, 1.807) is 18.0 Å². The number of carbonyl (C=O) groups excluding carboxylic acids is 1. The highest BCUT2D eigenvalue weighted by molar-refractivity contribution is 5.92. The average Bonchev–Trinajstić information content (AvgIpc) is 3.10. The van der Waals surface area contributed by atoms with E-state index in [9.17, 15) is 4.79 Å². The van der Waals surface area contributed by atoms with E-state index in [1.807, 2.05) is 61.5 Å². The normalized spacial score (nSPS) is 10.5. The van der Waals surface area contributed by atoms with Gasteiger partial charge >= 0.3 is 0 Å². The number of benzene rings is 2. The van der Waals surface area contributed by atoms with Crippen molar-refractivity contribution in [3.8, 4) is 5.75 Å². The molecule has 1 aromatic heterocycles. The van der Waals surface area contributed by atoms with Crippen molar-refractivity contribution < 1.29 is 13.9 Å². The molecule has 0 aliphatic carbocycles. The number of ether oxygens (including phenoxy) is 1. The molecule has 0 saturated heterocycles. The fourth-order valence-electron chi connectivity index (χ4n) is 2.53. The summed E-state index contributed by atoms with van der Waals surface area (Å²) in [5.41, 5.74) is 3.02. The van der Waals surface area contributed by atoms with Crippen LogP contribution in [0.5, 0.6) is 5.75 Å². The number of furan rings is 1. The van der Waals surface area contributed by atoms with Gasteiger partial charge in [0.25, 0.3) is 5.91 Å². The smallest absolute Gasteiger partial charge is 0.290 e. The first-order valence-electron chi connectivity index (χ1n) is 8.18. The summed E-state index contributed by atoms with van der Waals surface area (Å²) < 4.78 is 11.1. The summed E-state index contributed by atoms with van der Waals surface area (Å²) in [6.07, 6.45) is 1.52. The van der Waals surface area contributed by atoms with Crippen molar-refractivity contribution in [1.29, 1.82) is 0 Å². The molecular weight excluding hydrogens is 314 g/mol. The second-order valence-corrected chi connectivity index (χ2v) is 6.02. The molecule has 128 valence electrons. The summed E-state index contributed by atoms with van der Waals surface area (Å²) >= 11 is 0. The maximum absolute atomic E-state index is 12.7. The van der Waals surface area contributed by atoms with Crippen LogP contribution in [0.25, 0.3) is 0 Å². The second kappa shape index (κ2) is 7.71. The van der Waals surface area contributed by atoms with Crippen LogP contribution in [0, 0.1) is 6.92 Å². The van der Waals surface area contributed by atoms with Crippen molar-refractivity contribution in [3.05, 3.63) is 89.4 Å². The van der Waals surface area contributed by atoms with Crippen LogP contribution >= 0.6 is 0 Å². The molecule has 0 bridgehead atoms. The summed E-state index contributed by atoms with van der Waals surface area (Å²) in [4.78, 5) is 14.3. The van der Waals surface area contributed by atoms with Gasteiger partial charge in [-0.3, -0.25) is 4.79 Å². The average molecular weight is 335 g/mol. The fourth-order valence-corrected chi connectivity index (χ4v) is 2.53. The predicted octanol–water partition coefficient (Wildman–Crippen LogP) is 4.44. The van der Waals surface area contributed by atoms with Gasteiger partial charge in [0, 0.05) is 19.2 Å². The van der Waals surface area contributed by atoms with Gasteiger partial charge in [0.1, 0.15) is 12.4 Å². The quantitative estimate of drug-likeness (QED) is 0.669. The molecule has 3 rings (SSSR count). The number of para-hydroxylation sites is 1. The van der Waals surface area contributed by atoms with Gasteiger partial charge in [0.15, 0.2) is 5.76 Å². The number of aryl methyl sites for hydroxylation is 1. The van der Waals surface area contributed by atoms with Crippen LogP contribution in [0.4, 0.5) is 0 Å². The fraction of sp³-hybridized carbons (Fsp3) is 0.190. The molecule has 0 radical (unpaired) electrons. The molecule has 1 heterocycles. The largest absolute Gasteiger partial charge is 0.489 e. The zero-order valence-electron chi connectivity index (χ0n) is 14.4. The first kappa shape index (κ1) is 16.8. The van der Waals surface area contributed by atoms with Crippen LogP contribution in [0.1, 0.15) is 27.2 Å². The summed E-state index contributed by atoms with van der Waals surface area (Å²) in [5, 5.41) is 0. The summed E-state index contributed by atoms with van der Waals surface area (Å²) in [6, 6.07) is 19.4. The van der Waals surface area contributed by atoms with Gasteiger partial charge in [-0.1, -0.05) is 48.0 Å². The molecule has 0 atom stereocenters. The Hall–Kier alpha value is -3.01. The van der Waals surface area contributed by atoms with Crippen LogP contribution < -0.4 is 4.74 Å². The Bertz CT molecular complexity index is 822. The van der Waals surface area contributed by atoms with E-state index in [0.717, 1.165) is 16.9 Å². The van der Waals surface area contributed by atoms with Crippen molar-refractivity contribution in [1.82, 2.24) is 4.90 Å². The summed E-state index contributed by atoms with van der Waals surface area (Å²) in [6.45, 7) is 2.86. The Balaban J connectivity index is 1.66. The van der Waals surface area contributed by atoms with E-state index >= 15 is 0 Å². The van der Waals surface area contributed by atoms with Crippen LogP contribution in [0.3, 0.4) is 0 Å². The molecule has 4 heteroatoms. The van der Waals surface area contributed by atoms with Crippen LogP contribution in [-0.2, 0) is 13.2 Å². The Morgan fingerprint density at radius 2 is 1.76 bits per heavy atom. The Labute approximate surface area is 147 Å². The molecule has 4 nitrogen and oxygen atoms in total. The molecular formula is C21H21NO3. The van der Waals surface area contributed by atoms with Gasteiger partial charge in [0.2, 0.25) is 0 Å². The molecule has 25 heavy (non-hydrogen) atoms. The van der Waals surface area contributed by atoms with Crippen molar-refractivity contribution in [2.75, 3.05) is 7.05 Å². The second-order valence-electron chi connectivity index (χ2n) is 6.02. The lowest BCUT2D eigenvalue weighted by Gasteiger charge is -2.17. The number of nitrogens with zero attached hydrogens (tertiary/aromatic N) is 1. The third kappa shape index (κ3) is 4.29. The van der Waals surface area contributed by atoms with Gasteiger partial charge < -0.3 is 14.1 Å². The van der Waals surface area contributed by atoms with Gasteiger partial charge in [-0.25, -0.2) is 0 Å². The zero-order valence-corrected chi connectivity index (χ0v) is 14.4. The lowest BCUT2D eigenvalue weighted by molar-refractivity contribution is 0.0749. The molecule has 3 aromatic rings. The molecule has 0 fully saturated rings. The Kier molecular flexibility index (Phi) is 5.19. The van der Waals surface area contributed by atoms with E-state index < -0.39 is 0 Å². The molecule has 0 spiro atoms. The number of carbonyl (C=O) groups is 1. The van der Waals surface area contributed by atoms with Crippen molar-refractivity contribution >= 4 is 5.91 Å². The summed E-state index contributed by atoms with van der Waals surface area (Å²) in [5.74, 6) is 0.929. The molecule has 0 N–H and O–H groups in total. The maximum atomic E-state index is 12.7. The first-order chi connectivity index (χ1) is 12.1. The minimum atomic E-state index is -0.155. The monoisotopic (exact) mass is 335 g/mol. The van der Waals surface area contributed by atoms with Gasteiger partial charge in [-0.15, -0.1) is 0 Å². The standard InChI is InChI=1S/C21H21NO3/c1-16-8-10-17(11-9-16)14-22(2)21(23)20-18(12-13-24-20)15-25-19-6-4-3-5-7-19/h3-13H,14-15H2,1-2H3. The Morgan fingerprint density at radius 3 is 2.48 bits per heavy atom. The summed E-state index contributed by atoms with van der Waals surface area (Å²) in [7, 11) is 1.77. The Morgan fingerprint density at radius 1 is 1.04 bits per heavy atom. The minimum absolute atomic E-state index is 0.155. The molecule has 1 amide bonds. The highest BCUT2D eigenvalue weighted by Crippen LogP contribution is 2.18. The van der Waals surface area contributed by atoms with E-state index in [0.29, 0.717) is 18.9 Å². The van der Waals surface area contributed by atoms with Crippen LogP contribution in [0.15, 0.2) is 71.3 Å². The van der Waals surface area contributed by atoms with E-state index in [4.69, 9.17) is 9.15 Å². The van der Waals surface area contributed by atoms with Gasteiger partial charge in [-0.2, -0.15) is 0 Å². The third-order valence-electron chi connectivity index (χ3n) is 3.97. The van der Waals surface area contributed by atoms with E-state index in [2.05, 4.69) is 0 Å². The lowest BCUT2D eigenvalue weighted by atomic mass is 10.1. The first-order valence-corrected chi connectivity index (χ1v) is 8.18. The SMILES string of the molecule is Cc1ccc(CN(C)C(=O)c2occc2COc2ccccc2)cc1. The minimum Gasteiger partial charge on any atom is -0.489 e. The molecule has 0 aliphatic heterocycles. The van der Waals surface area contributed by atoms with Crippen LogP contribution in [0.2, 0.25) is 0 Å². The maximum Gasteiger partial charge on any atom is 0.290 e.